The van der Waals surface area contributed by atoms with E-state index in [9.17, 15) is 4.79 Å². The van der Waals surface area contributed by atoms with Crippen LogP contribution in [0.2, 0.25) is 0 Å². The van der Waals surface area contributed by atoms with Gasteiger partial charge in [-0.3, -0.25) is 10.1 Å². The topological polar surface area (TPSA) is 67.2 Å². The average molecular weight is 352 g/mol. The van der Waals surface area contributed by atoms with Crippen LogP contribution < -0.4 is 5.32 Å². The van der Waals surface area contributed by atoms with Crippen LogP contribution in [0.25, 0.3) is 5.69 Å². The monoisotopic (exact) mass is 351 g/mol. The summed E-state index contributed by atoms with van der Waals surface area (Å²) in [5.41, 5.74) is 1.91. The zero-order valence-corrected chi connectivity index (χ0v) is 13.5. The first-order valence-corrected chi connectivity index (χ1v) is 7.52. The number of rotatable bonds is 6. The molecule has 1 heterocycles. The van der Waals surface area contributed by atoms with Crippen LogP contribution in [0.3, 0.4) is 0 Å². The maximum absolute atomic E-state index is 11.1. The van der Waals surface area contributed by atoms with Crippen LogP contribution >= 0.6 is 15.9 Å². The van der Waals surface area contributed by atoms with Gasteiger partial charge in [0.1, 0.15) is 6.04 Å². The second-order valence-electron chi connectivity index (χ2n) is 5.21. The Labute approximate surface area is 132 Å². The Bertz CT molecular complexity index is 608. The van der Waals surface area contributed by atoms with Crippen LogP contribution in [0.4, 0.5) is 0 Å². The normalized spacial score (nSPS) is 12.6. The first-order chi connectivity index (χ1) is 9.97. The Hall–Kier alpha value is -1.66. The minimum absolute atomic E-state index is 0.0315. The molecule has 0 saturated carbocycles. The molecule has 21 heavy (non-hydrogen) atoms. The van der Waals surface area contributed by atoms with Crippen molar-refractivity contribution < 1.29 is 9.90 Å². The van der Waals surface area contributed by atoms with Crippen LogP contribution in [0, 0.1) is 5.92 Å². The summed E-state index contributed by atoms with van der Waals surface area (Å²) < 4.78 is 2.79. The van der Waals surface area contributed by atoms with Gasteiger partial charge in [0, 0.05) is 22.8 Å². The molecule has 0 aliphatic heterocycles. The Balaban J connectivity index is 2.03. The number of aliphatic carboxylic acids is 1. The van der Waals surface area contributed by atoms with Crippen LogP contribution in [0.1, 0.15) is 19.4 Å². The first kappa shape index (κ1) is 15.7. The number of hydrogen-bond donors (Lipinski definition) is 2. The summed E-state index contributed by atoms with van der Waals surface area (Å²) in [4.78, 5) is 11.1. The van der Waals surface area contributed by atoms with Crippen LogP contribution in [0.15, 0.2) is 41.1 Å². The average Bonchev–Trinajstić information content (AvgIpc) is 2.87. The molecule has 0 bridgehead atoms. The van der Waals surface area contributed by atoms with Gasteiger partial charge in [0.15, 0.2) is 0 Å². The minimum Gasteiger partial charge on any atom is -0.480 e. The molecule has 112 valence electrons. The highest BCUT2D eigenvalue weighted by Gasteiger charge is 2.20. The van der Waals surface area contributed by atoms with E-state index in [2.05, 4.69) is 26.3 Å². The fourth-order valence-electron chi connectivity index (χ4n) is 2.02. The maximum atomic E-state index is 11.1. The van der Waals surface area contributed by atoms with Crippen molar-refractivity contribution in [1.82, 2.24) is 15.1 Å². The number of nitrogens with zero attached hydrogens (tertiary/aromatic N) is 2. The van der Waals surface area contributed by atoms with Crippen LogP contribution in [0.5, 0.6) is 0 Å². The number of aromatic nitrogens is 2. The van der Waals surface area contributed by atoms with Crippen molar-refractivity contribution in [2.24, 2.45) is 5.92 Å². The van der Waals surface area contributed by atoms with Gasteiger partial charge in [-0.1, -0.05) is 29.8 Å². The Morgan fingerprint density at radius 2 is 2.05 bits per heavy atom. The molecule has 0 aliphatic rings. The lowest BCUT2D eigenvalue weighted by Gasteiger charge is -2.17. The van der Waals surface area contributed by atoms with E-state index < -0.39 is 12.0 Å². The molecule has 5 nitrogen and oxygen atoms in total. The van der Waals surface area contributed by atoms with Gasteiger partial charge in [0.25, 0.3) is 0 Å². The molecule has 0 amide bonds. The number of carboxylic acid groups (broad SMARTS) is 1. The van der Waals surface area contributed by atoms with E-state index in [0.29, 0.717) is 6.54 Å². The van der Waals surface area contributed by atoms with Gasteiger partial charge >= 0.3 is 5.97 Å². The second-order valence-corrected chi connectivity index (χ2v) is 6.13. The van der Waals surface area contributed by atoms with E-state index >= 15 is 0 Å². The third-order valence-corrected chi connectivity index (χ3v) is 3.71. The summed E-state index contributed by atoms with van der Waals surface area (Å²) in [5.74, 6) is -0.797. The molecular weight excluding hydrogens is 334 g/mol. The van der Waals surface area contributed by atoms with Gasteiger partial charge in [-0.25, -0.2) is 4.68 Å². The van der Waals surface area contributed by atoms with Gasteiger partial charge in [-0.05, 0) is 30.2 Å². The fourth-order valence-corrected chi connectivity index (χ4v) is 2.29. The number of nitrogens with one attached hydrogen (secondary N) is 1. The molecule has 0 aliphatic carbocycles. The Morgan fingerprint density at radius 1 is 1.38 bits per heavy atom. The molecular formula is C15H18BrN3O2. The van der Waals surface area contributed by atoms with Gasteiger partial charge in [0.2, 0.25) is 0 Å². The van der Waals surface area contributed by atoms with Crippen molar-refractivity contribution in [3.63, 3.8) is 0 Å². The van der Waals surface area contributed by atoms with Gasteiger partial charge in [-0.2, -0.15) is 5.10 Å². The first-order valence-electron chi connectivity index (χ1n) is 6.73. The molecule has 6 heteroatoms. The standard InChI is InChI=1S/C15H18BrN3O2/c1-10(2)14(15(20)21)17-7-11-8-18-19(9-11)13-5-3-12(16)4-6-13/h3-6,8-10,14,17H,7H2,1-2H3,(H,20,21)/t14-/m0/s1. The molecule has 0 radical (unpaired) electrons. The highest BCUT2D eigenvalue weighted by atomic mass is 79.9. The van der Waals surface area contributed by atoms with Crippen molar-refractivity contribution in [3.8, 4) is 5.69 Å². The SMILES string of the molecule is CC(C)[C@H](NCc1cnn(-c2ccc(Br)cc2)c1)C(=O)O. The summed E-state index contributed by atoms with van der Waals surface area (Å²) in [6, 6.07) is 7.27. The van der Waals surface area contributed by atoms with Gasteiger partial charge in [0.05, 0.1) is 11.9 Å². The Morgan fingerprint density at radius 3 is 2.62 bits per heavy atom. The Kier molecular flexibility index (Phi) is 5.14. The van der Waals surface area contributed by atoms with Crippen molar-refractivity contribution >= 4 is 21.9 Å². The largest absolute Gasteiger partial charge is 0.480 e. The van der Waals surface area contributed by atoms with E-state index in [1.807, 2.05) is 44.3 Å². The summed E-state index contributed by atoms with van der Waals surface area (Å²) in [7, 11) is 0. The van der Waals surface area contributed by atoms with E-state index in [1.54, 1.807) is 10.9 Å². The molecule has 1 atom stereocenters. The predicted molar refractivity (Wildman–Crippen MR) is 84.4 cm³/mol. The number of carbonyl (C=O) groups is 1. The summed E-state index contributed by atoms with van der Waals surface area (Å²) in [6.45, 7) is 4.25. The molecule has 0 fully saturated rings. The van der Waals surface area contributed by atoms with E-state index in [-0.39, 0.29) is 5.92 Å². The minimum atomic E-state index is -0.828. The second kappa shape index (κ2) is 6.87. The zero-order chi connectivity index (χ0) is 15.4. The summed E-state index contributed by atoms with van der Waals surface area (Å²) in [5, 5.41) is 16.5. The van der Waals surface area contributed by atoms with E-state index in [1.165, 1.54) is 0 Å². The number of benzene rings is 1. The zero-order valence-electron chi connectivity index (χ0n) is 12.0. The number of hydrogen-bond acceptors (Lipinski definition) is 3. The molecule has 2 N–H and O–H groups in total. The molecule has 0 saturated heterocycles. The smallest absolute Gasteiger partial charge is 0.320 e. The van der Waals surface area contributed by atoms with Crippen molar-refractivity contribution in [1.29, 1.82) is 0 Å². The third kappa shape index (κ3) is 4.15. The molecule has 0 unspecified atom stereocenters. The quantitative estimate of drug-likeness (QED) is 0.839. The molecule has 0 spiro atoms. The molecule has 1 aromatic carbocycles. The van der Waals surface area contributed by atoms with Crippen molar-refractivity contribution in [2.45, 2.75) is 26.4 Å². The summed E-state index contributed by atoms with van der Waals surface area (Å²) >= 11 is 3.40. The van der Waals surface area contributed by atoms with Gasteiger partial charge < -0.3 is 5.11 Å². The molecule has 1 aromatic heterocycles. The fraction of sp³-hybridized carbons (Fsp3) is 0.333. The lowest BCUT2D eigenvalue weighted by Crippen LogP contribution is -2.40. The van der Waals surface area contributed by atoms with Crippen molar-refractivity contribution in [3.05, 3.63) is 46.7 Å². The lowest BCUT2D eigenvalue weighted by molar-refractivity contribution is -0.140. The van der Waals surface area contributed by atoms with Crippen molar-refractivity contribution in [2.75, 3.05) is 0 Å². The third-order valence-electron chi connectivity index (χ3n) is 3.19. The molecule has 2 rings (SSSR count). The van der Waals surface area contributed by atoms with Crippen LogP contribution in [-0.4, -0.2) is 26.9 Å². The lowest BCUT2D eigenvalue weighted by atomic mass is 10.0. The maximum Gasteiger partial charge on any atom is 0.320 e. The van der Waals surface area contributed by atoms with Gasteiger partial charge in [-0.15, -0.1) is 0 Å². The van der Waals surface area contributed by atoms with E-state index in [4.69, 9.17) is 5.11 Å². The highest BCUT2D eigenvalue weighted by molar-refractivity contribution is 9.10. The predicted octanol–water partition coefficient (Wildman–Crippen LogP) is 2.83. The van der Waals surface area contributed by atoms with E-state index in [0.717, 1.165) is 15.7 Å². The highest BCUT2D eigenvalue weighted by Crippen LogP contribution is 2.14. The summed E-state index contributed by atoms with van der Waals surface area (Å²) in [6.07, 6.45) is 3.64. The molecule has 2 aromatic rings. The number of halogens is 1. The van der Waals surface area contributed by atoms with Crippen LogP contribution in [-0.2, 0) is 11.3 Å². The number of carboxylic acids is 1.